The minimum Gasteiger partial charge on any atom is -0.398 e. The largest absolute Gasteiger partial charge is 0.398 e. The molecule has 0 radical (unpaired) electrons. The summed E-state index contributed by atoms with van der Waals surface area (Å²) in [6.45, 7) is 3.47. The van der Waals surface area contributed by atoms with Gasteiger partial charge in [-0.15, -0.1) is 0 Å². The number of hydrogen-bond donors (Lipinski definition) is 1. The molecule has 0 heterocycles. The van der Waals surface area contributed by atoms with Crippen molar-refractivity contribution in [2.24, 2.45) is 0 Å². The van der Waals surface area contributed by atoms with Crippen LogP contribution >= 0.6 is 0 Å². The van der Waals surface area contributed by atoms with Gasteiger partial charge in [-0.25, -0.2) is 0 Å². The molecule has 0 bridgehead atoms. The maximum Gasteiger partial charge on any atom is 0.255 e. The molecule has 5 nitrogen and oxygen atoms in total. The predicted molar refractivity (Wildman–Crippen MR) is 93.1 cm³/mol. The van der Waals surface area contributed by atoms with Gasteiger partial charge >= 0.3 is 0 Å². The highest BCUT2D eigenvalue weighted by Crippen LogP contribution is 2.14. The van der Waals surface area contributed by atoms with Crippen molar-refractivity contribution in [1.82, 2.24) is 14.7 Å². The molecule has 0 aromatic heterocycles. The third-order valence-electron chi connectivity index (χ3n) is 3.55. The highest BCUT2D eigenvalue weighted by atomic mass is 16.2. The molecule has 0 spiro atoms. The molecule has 1 amide bonds. The Bertz CT molecular complexity index is 446. The summed E-state index contributed by atoms with van der Waals surface area (Å²) in [5.41, 5.74) is 7.11. The first-order chi connectivity index (χ1) is 10.4. The van der Waals surface area contributed by atoms with Crippen LogP contribution in [0.4, 0.5) is 5.69 Å². The monoisotopic (exact) mass is 306 g/mol. The lowest BCUT2D eigenvalue weighted by atomic mass is 10.1. The summed E-state index contributed by atoms with van der Waals surface area (Å²) in [4.78, 5) is 18.9. The third kappa shape index (κ3) is 6.45. The highest BCUT2D eigenvalue weighted by Gasteiger charge is 2.17. The Balaban J connectivity index is 2.70. The molecule has 0 saturated carbocycles. The lowest BCUT2D eigenvalue weighted by Crippen LogP contribution is -2.35. The van der Waals surface area contributed by atoms with Gasteiger partial charge < -0.3 is 20.4 Å². The number of carbonyl (C=O) groups is 1. The highest BCUT2D eigenvalue weighted by molar-refractivity contribution is 5.99. The fourth-order valence-electron chi connectivity index (χ4n) is 2.33. The topological polar surface area (TPSA) is 52.8 Å². The molecule has 124 valence electrons. The fraction of sp³-hybridized carbons (Fsp3) is 0.588. The van der Waals surface area contributed by atoms with Gasteiger partial charge in [0.15, 0.2) is 0 Å². The van der Waals surface area contributed by atoms with Gasteiger partial charge in [-0.2, -0.15) is 0 Å². The second-order valence-corrected chi connectivity index (χ2v) is 6.19. The number of nitrogens with two attached hydrogens (primary N) is 1. The molecule has 0 aliphatic carbocycles. The van der Waals surface area contributed by atoms with Gasteiger partial charge in [-0.05, 0) is 66.3 Å². The maximum atomic E-state index is 12.7. The molecule has 0 aliphatic rings. The van der Waals surface area contributed by atoms with Gasteiger partial charge in [0.05, 0.1) is 5.56 Å². The number of carbonyl (C=O) groups excluding carboxylic acids is 1. The summed E-state index contributed by atoms with van der Waals surface area (Å²) in [7, 11) is 8.20. The van der Waals surface area contributed by atoms with Crippen LogP contribution in [0.2, 0.25) is 0 Å². The van der Waals surface area contributed by atoms with Gasteiger partial charge in [0, 0.05) is 18.8 Å². The zero-order valence-corrected chi connectivity index (χ0v) is 14.4. The van der Waals surface area contributed by atoms with Crippen molar-refractivity contribution >= 4 is 11.6 Å². The van der Waals surface area contributed by atoms with Gasteiger partial charge in [-0.1, -0.05) is 12.1 Å². The molecule has 0 atom stereocenters. The molecule has 0 saturated heterocycles. The van der Waals surface area contributed by atoms with E-state index in [2.05, 4.69) is 9.80 Å². The van der Waals surface area contributed by atoms with E-state index in [4.69, 9.17) is 5.73 Å². The van der Waals surface area contributed by atoms with E-state index in [0.717, 1.165) is 39.0 Å². The Morgan fingerprint density at radius 2 is 1.41 bits per heavy atom. The average molecular weight is 306 g/mol. The van der Waals surface area contributed by atoms with Crippen LogP contribution < -0.4 is 5.73 Å². The van der Waals surface area contributed by atoms with Crippen LogP contribution in [0.25, 0.3) is 0 Å². The smallest absolute Gasteiger partial charge is 0.255 e. The van der Waals surface area contributed by atoms with Crippen molar-refractivity contribution in [1.29, 1.82) is 0 Å². The molecule has 0 fully saturated rings. The molecule has 1 aromatic rings. The van der Waals surface area contributed by atoms with E-state index in [-0.39, 0.29) is 5.91 Å². The summed E-state index contributed by atoms with van der Waals surface area (Å²) < 4.78 is 0. The lowest BCUT2D eigenvalue weighted by Gasteiger charge is -2.25. The van der Waals surface area contributed by atoms with Crippen molar-refractivity contribution in [2.75, 3.05) is 60.1 Å². The van der Waals surface area contributed by atoms with Crippen LogP contribution in [0.15, 0.2) is 24.3 Å². The molecule has 1 rings (SSSR count). The summed E-state index contributed by atoms with van der Waals surface area (Å²) in [6.07, 6.45) is 1.93. The first-order valence-electron chi connectivity index (χ1n) is 7.85. The van der Waals surface area contributed by atoms with Crippen molar-refractivity contribution in [3.63, 3.8) is 0 Å². The first kappa shape index (κ1) is 18.5. The second-order valence-electron chi connectivity index (χ2n) is 6.19. The normalized spacial score (nSPS) is 11.2. The Labute approximate surface area is 134 Å². The zero-order valence-electron chi connectivity index (χ0n) is 14.4. The average Bonchev–Trinajstić information content (AvgIpc) is 2.45. The zero-order chi connectivity index (χ0) is 16.5. The summed E-state index contributed by atoms with van der Waals surface area (Å²) in [5, 5.41) is 0. The van der Waals surface area contributed by atoms with Gasteiger partial charge in [-0.3, -0.25) is 4.79 Å². The Morgan fingerprint density at radius 3 is 1.86 bits per heavy atom. The van der Waals surface area contributed by atoms with Gasteiger partial charge in [0.2, 0.25) is 0 Å². The standard InChI is InChI=1S/C17H30N4O/c1-19(2)11-7-13-21(14-8-12-20(3)4)17(22)15-9-5-6-10-16(15)18/h5-6,9-10H,7-8,11-14,18H2,1-4H3. The molecule has 1 aromatic carbocycles. The SMILES string of the molecule is CN(C)CCCN(CCCN(C)C)C(=O)c1ccccc1N. The summed E-state index contributed by atoms with van der Waals surface area (Å²) in [6, 6.07) is 7.31. The van der Waals surface area contributed by atoms with Crippen molar-refractivity contribution in [3.05, 3.63) is 29.8 Å². The van der Waals surface area contributed by atoms with E-state index in [1.165, 1.54) is 0 Å². The fourth-order valence-corrected chi connectivity index (χ4v) is 2.33. The van der Waals surface area contributed by atoms with Crippen molar-refractivity contribution < 1.29 is 4.79 Å². The van der Waals surface area contributed by atoms with Gasteiger partial charge in [0.1, 0.15) is 0 Å². The van der Waals surface area contributed by atoms with E-state index >= 15 is 0 Å². The Kier molecular flexibility index (Phi) is 7.91. The van der Waals surface area contributed by atoms with E-state index in [9.17, 15) is 4.79 Å². The Morgan fingerprint density at radius 1 is 0.909 bits per heavy atom. The minimum absolute atomic E-state index is 0.0376. The van der Waals surface area contributed by atoms with Crippen LogP contribution in [0.3, 0.4) is 0 Å². The molecule has 0 aliphatic heterocycles. The lowest BCUT2D eigenvalue weighted by molar-refractivity contribution is 0.0746. The van der Waals surface area contributed by atoms with Crippen LogP contribution in [0, 0.1) is 0 Å². The number of para-hydroxylation sites is 1. The van der Waals surface area contributed by atoms with E-state index in [1.807, 2.05) is 51.3 Å². The van der Waals surface area contributed by atoms with Crippen molar-refractivity contribution in [3.8, 4) is 0 Å². The van der Waals surface area contributed by atoms with Crippen LogP contribution in [-0.2, 0) is 0 Å². The first-order valence-corrected chi connectivity index (χ1v) is 7.85. The molecule has 2 N–H and O–H groups in total. The molecule has 0 unspecified atom stereocenters. The molecular weight excluding hydrogens is 276 g/mol. The second kappa shape index (κ2) is 9.43. The number of benzene rings is 1. The number of rotatable bonds is 9. The number of nitrogens with zero attached hydrogens (tertiary/aromatic N) is 3. The Hall–Kier alpha value is -1.59. The molecular formula is C17H30N4O. The van der Waals surface area contributed by atoms with Crippen LogP contribution in [-0.4, -0.2) is 75.0 Å². The predicted octanol–water partition coefficient (Wildman–Crippen LogP) is 1.61. The number of anilines is 1. The maximum absolute atomic E-state index is 12.7. The number of nitrogen functional groups attached to an aromatic ring is 1. The van der Waals surface area contributed by atoms with Crippen molar-refractivity contribution in [2.45, 2.75) is 12.8 Å². The third-order valence-corrected chi connectivity index (χ3v) is 3.55. The van der Waals surface area contributed by atoms with Crippen LogP contribution in [0.1, 0.15) is 23.2 Å². The van der Waals surface area contributed by atoms with Gasteiger partial charge in [0.25, 0.3) is 5.91 Å². The summed E-state index contributed by atoms with van der Waals surface area (Å²) >= 11 is 0. The number of amides is 1. The quantitative estimate of drug-likeness (QED) is 0.704. The van der Waals surface area contributed by atoms with E-state index in [0.29, 0.717) is 11.3 Å². The minimum atomic E-state index is 0.0376. The number of hydrogen-bond acceptors (Lipinski definition) is 4. The summed E-state index contributed by atoms with van der Waals surface area (Å²) in [5.74, 6) is 0.0376. The molecule has 22 heavy (non-hydrogen) atoms. The van der Waals surface area contributed by atoms with Crippen LogP contribution in [0.5, 0.6) is 0 Å². The van der Waals surface area contributed by atoms with E-state index in [1.54, 1.807) is 6.07 Å². The van der Waals surface area contributed by atoms with E-state index < -0.39 is 0 Å². The molecule has 5 heteroatoms.